The van der Waals surface area contributed by atoms with E-state index in [1.165, 1.54) is 6.92 Å². The monoisotopic (exact) mass is 238 g/mol. The number of amides is 1. The molecule has 1 rings (SSSR count). The van der Waals surface area contributed by atoms with Gasteiger partial charge in [-0.15, -0.1) is 0 Å². The van der Waals surface area contributed by atoms with Crippen molar-refractivity contribution in [1.29, 1.82) is 5.26 Å². The fraction of sp³-hybridized carbons (Fsp3) is 0.111. The Kier molecular flexibility index (Phi) is 3.04. The smallest absolute Gasteiger partial charge is 0.221 e. The second-order valence-electron chi connectivity index (χ2n) is 2.49. The molecule has 13 heavy (non-hydrogen) atoms. The predicted molar refractivity (Wildman–Crippen MR) is 53.2 cm³/mol. The average Bonchev–Trinajstić information content (AvgIpc) is 2.07. The van der Waals surface area contributed by atoms with Gasteiger partial charge in [0.25, 0.3) is 0 Å². The van der Waals surface area contributed by atoms with E-state index in [-0.39, 0.29) is 5.91 Å². The van der Waals surface area contributed by atoms with Gasteiger partial charge in [0.2, 0.25) is 5.91 Å². The van der Waals surface area contributed by atoms with Gasteiger partial charge in [-0.1, -0.05) is 0 Å². The summed E-state index contributed by atoms with van der Waals surface area (Å²) < 4.78 is 0.726. The van der Waals surface area contributed by atoms with Gasteiger partial charge in [-0.05, 0) is 34.1 Å². The molecule has 0 unspecified atom stereocenters. The van der Waals surface area contributed by atoms with E-state index in [1.54, 1.807) is 18.2 Å². The van der Waals surface area contributed by atoms with Crippen LogP contribution in [0, 0.1) is 11.3 Å². The molecule has 1 N–H and O–H groups in total. The number of rotatable bonds is 1. The molecule has 3 nitrogen and oxygen atoms in total. The van der Waals surface area contributed by atoms with Crippen molar-refractivity contribution in [1.82, 2.24) is 0 Å². The van der Waals surface area contributed by atoms with Gasteiger partial charge in [0, 0.05) is 17.1 Å². The van der Waals surface area contributed by atoms with Crippen LogP contribution in [-0.2, 0) is 4.79 Å². The molecule has 1 aromatic carbocycles. The summed E-state index contributed by atoms with van der Waals surface area (Å²) in [6.07, 6.45) is 0. The van der Waals surface area contributed by atoms with Crippen molar-refractivity contribution in [2.45, 2.75) is 6.92 Å². The number of benzene rings is 1. The van der Waals surface area contributed by atoms with Gasteiger partial charge in [0.05, 0.1) is 5.56 Å². The van der Waals surface area contributed by atoms with Crippen LogP contribution in [0.3, 0.4) is 0 Å². The number of hydrogen-bond acceptors (Lipinski definition) is 2. The summed E-state index contributed by atoms with van der Waals surface area (Å²) in [4.78, 5) is 10.7. The van der Waals surface area contributed by atoms with Gasteiger partial charge in [0.15, 0.2) is 0 Å². The lowest BCUT2D eigenvalue weighted by Gasteiger charge is -2.02. The van der Waals surface area contributed by atoms with Gasteiger partial charge in [0.1, 0.15) is 6.07 Å². The van der Waals surface area contributed by atoms with E-state index < -0.39 is 0 Å². The lowest BCUT2D eigenvalue weighted by Crippen LogP contribution is -2.05. The van der Waals surface area contributed by atoms with Crippen molar-refractivity contribution in [2.24, 2.45) is 0 Å². The molecule has 66 valence electrons. The molecule has 0 saturated carbocycles. The second-order valence-corrected chi connectivity index (χ2v) is 3.34. The van der Waals surface area contributed by atoms with Gasteiger partial charge >= 0.3 is 0 Å². The Bertz CT molecular complexity index is 382. The first-order valence-electron chi connectivity index (χ1n) is 3.60. The quantitative estimate of drug-likeness (QED) is 0.817. The molecule has 0 aromatic heterocycles. The molecular weight excluding hydrogens is 232 g/mol. The van der Waals surface area contributed by atoms with Crippen molar-refractivity contribution in [3.63, 3.8) is 0 Å². The van der Waals surface area contributed by atoms with Gasteiger partial charge in [-0.2, -0.15) is 5.26 Å². The number of anilines is 1. The Hall–Kier alpha value is -1.34. The van der Waals surface area contributed by atoms with Crippen LogP contribution in [0.1, 0.15) is 12.5 Å². The maximum Gasteiger partial charge on any atom is 0.221 e. The fourth-order valence-corrected chi connectivity index (χ4v) is 1.23. The van der Waals surface area contributed by atoms with E-state index in [4.69, 9.17) is 5.26 Å². The summed E-state index contributed by atoms with van der Waals surface area (Å²) in [5, 5.41) is 11.3. The molecule has 0 aliphatic rings. The van der Waals surface area contributed by atoms with Gasteiger partial charge in [-0.3, -0.25) is 4.79 Å². The van der Waals surface area contributed by atoms with E-state index in [0.29, 0.717) is 11.3 Å². The fourth-order valence-electron chi connectivity index (χ4n) is 0.892. The highest BCUT2D eigenvalue weighted by molar-refractivity contribution is 9.10. The Balaban J connectivity index is 3.01. The standard InChI is InChI=1S/C9H7BrN2O/c1-6(13)12-8-2-3-9(10)7(4-8)5-11/h2-4H,1H3,(H,12,13). The number of nitrogens with one attached hydrogen (secondary N) is 1. The number of hydrogen-bond donors (Lipinski definition) is 1. The second kappa shape index (κ2) is 4.06. The Morgan fingerprint density at radius 1 is 1.62 bits per heavy atom. The van der Waals surface area contributed by atoms with Crippen LogP contribution in [0.5, 0.6) is 0 Å². The van der Waals surface area contributed by atoms with Crippen LogP contribution >= 0.6 is 15.9 Å². The minimum absolute atomic E-state index is 0.147. The molecule has 0 saturated heterocycles. The van der Waals surface area contributed by atoms with Crippen LogP contribution in [-0.4, -0.2) is 5.91 Å². The highest BCUT2D eigenvalue weighted by Crippen LogP contribution is 2.19. The predicted octanol–water partition coefficient (Wildman–Crippen LogP) is 2.28. The normalized spacial score (nSPS) is 9.00. The molecule has 0 spiro atoms. The summed E-state index contributed by atoms with van der Waals surface area (Å²) in [7, 11) is 0. The zero-order valence-corrected chi connectivity index (χ0v) is 8.55. The first-order chi connectivity index (χ1) is 6.13. The molecule has 0 fully saturated rings. The van der Waals surface area contributed by atoms with E-state index in [9.17, 15) is 4.79 Å². The Morgan fingerprint density at radius 3 is 2.85 bits per heavy atom. The zero-order valence-electron chi connectivity index (χ0n) is 6.97. The maximum absolute atomic E-state index is 10.7. The van der Waals surface area contributed by atoms with Gasteiger partial charge in [-0.25, -0.2) is 0 Å². The third kappa shape index (κ3) is 2.56. The van der Waals surface area contributed by atoms with E-state index in [0.717, 1.165) is 4.47 Å². The molecule has 1 amide bonds. The van der Waals surface area contributed by atoms with Crippen molar-refractivity contribution >= 4 is 27.5 Å². The van der Waals surface area contributed by atoms with Crippen molar-refractivity contribution < 1.29 is 4.79 Å². The molecule has 0 heterocycles. The SMILES string of the molecule is CC(=O)Nc1ccc(Br)c(C#N)c1. The minimum atomic E-state index is -0.147. The van der Waals surface area contributed by atoms with Crippen LogP contribution in [0.15, 0.2) is 22.7 Å². The highest BCUT2D eigenvalue weighted by atomic mass is 79.9. The van der Waals surface area contributed by atoms with E-state index in [1.807, 2.05) is 6.07 Å². The number of nitriles is 1. The van der Waals surface area contributed by atoms with Gasteiger partial charge < -0.3 is 5.32 Å². The number of carbonyl (C=O) groups is 1. The van der Waals surface area contributed by atoms with Crippen LogP contribution in [0.25, 0.3) is 0 Å². The van der Waals surface area contributed by atoms with Crippen molar-refractivity contribution in [2.75, 3.05) is 5.32 Å². The molecular formula is C9H7BrN2O. The van der Waals surface area contributed by atoms with Crippen molar-refractivity contribution in [3.05, 3.63) is 28.2 Å². The molecule has 0 bridgehead atoms. The molecule has 4 heteroatoms. The number of nitrogens with zero attached hydrogens (tertiary/aromatic N) is 1. The summed E-state index contributed by atoms with van der Waals surface area (Å²) in [5.74, 6) is -0.147. The third-order valence-corrected chi connectivity index (χ3v) is 2.10. The third-order valence-electron chi connectivity index (χ3n) is 1.41. The Morgan fingerprint density at radius 2 is 2.31 bits per heavy atom. The largest absolute Gasteiger partial charge is 0.326 e. The molecule has 0 atom stereocenters. The average molecular weight is 239 g/mol. The molecule has 1 aromatic rings. The maximum atomic E-state index is 10.7. The van der Waals surface area contributed by atoms with E-state index in [2.05, 4.69) is 21.2 Å². The first kappa shape index (κ1) is 9.75. The summed E-state index contributed by atoms with van der Waals surface area (Å²) in [6, 6.07) is 7.08. The van der Waals surface area contributed by atoms with Crippen molar-refractivity contribution in [3.8, 4) is 6.07 Å². The lowest BCUT2D eigenvalue weighted by atomic mass is 10.2. The summed E-state index contributed by atoms with van der Waals surface area (Å²) in [6.45, 7) is 1.42. The summed E-state index contributed by atoms with van der Waals surface area (Å²) in [5.41, 5.74) is 1.14. The van der Waals surface area contributed by atoms with Crippen LogP contribution in [0.2, 0.25) is 0 Å². The van der Waals surface area contributed by atoms with Crippen LogP contribution < -0.4 is 5.32 Å². The lowest BCUT2D eigenvalue weighted by molar-refractivity contribution is -0.114. The minimum Gasteiger partial charge on any atom is -0.326 e. The number of carbonyl (C=O) groups excluding carboxylic acids is 1. The number of halogens is 1. The topological polar surface area (TPSA) is 52.9 Å². The summed E-state index contributed by atoms with van der Waals surface area (Å²) >= 11 is 3.22. The Labute approximate surface area is 84.5 Å². The highest BCUT2D eigenvalue weighted by Gasteiger charge is 2.01. The molecule has 0 aliphatic heterocycles. The molecule has 0 radical (unpaired) electrons. The van der Waals surface area contributed by atoms with E-state index >= 15 is 0 Å². The molecule has 0 aliphatic carbocycles. The first-order valence-corrected chi connectivity index (χ1v) is 4.40. The van der Waals surface area contributed by atoms with Crippen LogP contribution in [0.4, 0.5) is 5.69 Å². The zero-order chi connectivity index (χ0) is 9.84.